The van der Waals surface area contributed by atoms with Crippen molar-refractivity contribution in [2.24, 2.45) is 0 Å². The Kier molecular flexibility index (Phi) is 6.03. The first kappa shape index (κ1) is 23.1. The van der Waals surface area contributed by atoms with Gasteiger partial charge in [-0.15, -0.1) is 11.3 Å². The molecule has 0 spiro atoms. The molecule has 1 aromatic carbocycles. The van der Waals surface area contributed by atoms with Crippen molar-refractivity contribution >= 4 is 27.0 Å². The summed E-state index contributed by atoms with van der Waals surface area (Å²) >= 11 is 0.954. The molecule has 2 aliphatic rings. The van der Waals surface area contributed by atoms with Crippen LogP contribution in [0.1, 0.15) is 77.7 Å². The fourth-order valence-corrected chi connectivity index (χ4v) is 8.03. The Morgan fingerprint density at radius 2 is 1.69 bits per heavy atom. The van der Waals surface area contributed by atoms with Crippen LogP contribution >= 0.6 is 11.3 Å². The van der Waals surface area contributed by atoms with Crippen LogP contribution in [0.3, 0.4) is 0 Å². The number of Topliss-reactive ketones (excluding diaryl/α,β-unsaturated/α-hetero) is 1. The van der Waals surface area contributed by atoms with E-state index < -0.39 is 21.2 Å². The molecule has 2 aromatic rings. The van der Waals surface area contributed by atoms with Gasteiger partial charge in [0.05, 0.1) is 17.3 Å². The quantitative estimate of drug-likeness (QED) is 0.662. The van der Waals surface area contributed by atoms with Gasteiger partial charge in [0.15, 0.2) is 15.6 Å². The Balaban J connectivity index is 1.65. The third-order valence-electron chi connectivity index (χ3n) is 6.41. The third kappa shape index (κ3) is 4.02. The minimum Gasteiger partial charge on any atom is -0.383 e. The van der Waals surface area contributed by atoms with E-state index in [1.165, 1.54) is 0 Å². The van der Waals surface area contributed by atoms with Gasteiger partial charge >= 0.3 is 0 Å². The second-order valence-corrected chi connectivity index (χ2v) is 12.4. The van der Waals surface area contributed by atoms with Crippen LogP contribution in [0.15, 0.2) is 4.21 Å². The lowest BCUT2D eigenvalue weighted by Gasteiger charge is -2.16. The van der Waals surface area contributed by atoms with Gasteiger partial charge < -0.3 is 5.11 Å². The van der Waals surface area contributed by atoms with Crippen LogP contribution in [0, 0.1) is 11.3 Å². The average molecular weight is 473 g/mol. The standard InChI is InChI=1S/C24H28N2O4S2/c1-4-21-22(31-23(26-21)24(2,3)28)32(29,30)13-14(27)11-19-15-7-5-9-17(15)20(12-25)18-10-6-8-16(18)19/h28H,4-11,13H2,1-3H3. The lowest BCUT2D eigenvalue weighted by Crippen LogP contribution is -2.20. The first-order chi connectivity index (χ1) is 15.1. The van der Waals surface area contributed by atoms with Gasteiger partial charge in [-0.1, -0.05) is 6.92 Å². The lowest BCUT2D eigenvalue weighted by atomic mass is 9.87. The van der Waals surface area contributed by atoms with Crippen molar-refractivity contribution in [3.05, 3.63) is 44.1 Å². The number of hydrogen-bond acceptors (Lipinski definition) is 7. The van der Waals surface area contributed by atoms with Gasteiger partial charge in [-0.05, 0) is 86.6 Å². The molecular formula is C24H28N2O4S2. The number of fused-ring (bicyclic) bond motifs is 2. The zero-order valence-electron chi connectivity index (χ0n) is 18.7. The van der Waals surface area contributed by atoms with Crippen LogP contribution in [-0.4, -0.2) is 30.0 Å². The van der Waals surface area contributed by atoms with E-state index in [2.05, 4.69) is 11.1 Å². The number of rotatable bonds is 7. The highest BCUT2D eigenvalue weighted by Crippen LogP contribution is 2.39. The molecule has 1 heterocycles. The van der Waals surface area contributed by atoms with Gasteiger partial charge in [0.1, 0.15) is 20.6 Å². The maximum absolute atomic E-state index is 13.1. The highest BCUT2D eigenvalue weighted by molar-refractivity contribution is 7.94. The summed E-state index contributed by atoms with van der Waals surface area (Å²) < 4.78 is 26.4. The van der Waals surface area contributed by atoms with Crippen molar-refractivity contribution in [1.82, 2.24) is 4.98 Å². The highest BCUT2D eigenvalue weighted by atomic mass is 32.2. The van der Waals surface area contributed by atoms with Crippen molar-refractivity contribution in [1.29, 1.82) is 5.26 Å². The predicted molar refractivity (Wildman–Crippen MR) is 123 cm³/mol. The molecule has 4 rings (SSSR count). The molecule has 0 unspecified atom stereocenters. The van der Waals surface area contributed by atoms with Crippen molar-refractivity contribution < 1.29 is 18.3 Å². The Hall–Kier alpha value is -2.08. The number of carbonyl (C=O) groups excluding carboxylic acids is 1. The molecule has 0 bridgehead atoms. The van der Waals surface area contributed by atoms with E-state index in [1.54, 1.807) is 13.8 Å². The molecule has 8 heteroatoms. The summed E-state index contributed by atoms with van der Waals surface area (Å²) in [5.74, 6) is -0.907. The topological polar surface area (TPSA) is 108 Å². The van der Waals surface area contributed by atoms with Crippen LogP contribution in [0.5, 0.6) is 0 Å². The number of benzene rings is 1. The number of ketones is 1. The molecule has 6 nitrogen and oxygen atoms in total. The molecule has 2 aliphatic carbocycles. The molecule has 0 radical (unpaired) electrons. The maximum Gasteiger partial charge on any atom is 0.196 e. The molecular weight excluding hydrogens is 444 g/mol. The lowest BCUT2D eigenvalue weighted by molar-refractivity contribution is -0.116. The summed E-state index contributed by atoms with van der Waals surface area (Å²) in [5, 5.41) is 20.3. The summed E-state index contributed by atoms with van der Waals surface area (Å²) in [7, 11) is -3.86. The van der Waals surface area contributed by atoms with E-state index >= 15 is 0 Å². The summed E-state index contributed by atoms with van der Waals surface area (Å²) in [6.07, 6.45) is 5.82. The molecule has 0 saturated heterocycles. The van der Waals surface area contributed by atoms with E-state index in [0.717, 1.165) is 83.2 Å². The Bertz CT molecular complexity index is 1210. The van der Waals surface area contributed by atoms with Crippen LogP contribution < -0.4 is 0 Å². The fourth-order valence-electron chi connectivity index (χ4n) is 5.01. The number of hydrogen-bond donors (Lipinski definition) is 1. The molecule has 0 amide bonds. The smallest absolute Gasteiger partial charge is 0.196 e. The second kappa shape index (κ2) is 8.36. The number of aliphatic hydroxyl groups is 1. The van der Waals surface area contributed by atoms with Crippen molar-refractivity contribution in [2.45, 2.75) is 81.9 Å². The monoisotopic (exact) mass is 472 g/mol. The van der Waals surface area contributed by atoms with Gasteiger partial charge in [-0.2, -0.15) is 5.26 Å². The molecule has 1 aromatic heterocycles. The second-order valence-electron chi connectivity index (χ2n) is 9.23. The van der Waals surface area contributed by atoms with Crippen LogP contribution in [0.2, 0.25) is 0 Å². The van der Waals surface area contributed by atoms with Gasteiger partial charge in [0.2, 0.25) is 0 Å². The van der Waals surface area contributed by atoms with E-state index in [0.29, 0.717) is 17.1 Å². The highest BCUT2D eigenvalue weighted by Gasteiger charge is 2.33. The number of sulfone groups is 1. The summed E-state index contributed by atoms with van der Waals surface area (Å²) in [6.45, 7) is 4.95. The number of nitrogens with zero attached hydrogens (tertiary/aromatic N) is 2. The minimum atomic E-state index is -3.86. The van der Waals surface area contributed by atoms with E-state index in [4.69, 9.17) is 0 Å². The number of carbonyl (C=O) groups is 1. The summed E-state index contributed by atoms with van der Waals surface area (Å²) in [5.41, 5.74) is 5.28. The Labute approximate surface area is 193 Å². The number of nitriles is 1. The van der Waals surface area contributed by atoms with E-state index in [9.17, 15) is 23.6 Å². The normalized spacial score (nSPS) is 15.5. The predicted octanol–water partition coefficient (Wildman–Crippen LogP) is 3.37. The molecule has 0 aliphatic heterocycles. The maximum atomic E-state index is 13.1. The number of aryl methyl sites for hydroxylation is 1. The minimum absolute atomic E-state index is 0.0840. The molecule has 170 valence electrons. The van der Waals surface area contributed by atoms with Gasteiger partial charge in [0.25, 0.3) is 0 Å². The molecule has 32 heavy (non-hydrogen) atoms. The van der Waals surface area contributed by atoms with Gasteiger partial charge in [0, 0.05) is 6.42 Å². The summed E-state index contributed by atoms with van der Waals surface area (Å²) in [6, 6.07) is 2.39. The van der Waals surface area contributed by atoms with Crippen molar-refractivity contribution in [2.75, 3.05) is 5.75 Å². The average Bonchev–Trinajstić information content (AvgIpc) is 3.45. The summed E-state index contributed by atoms with van der Waals surface area (Å²) in [4.78, 5) is 17.4. The largest absolute Gasteiger partial charge is 0.383 e. The molecule has 0 saturated carbocycles. The van der Waals surface area contributed by atoms with Gasteiger partial charge in [-0.25, -0.2) is 13.4 Å². The third-order valence-corrected chi connectivity index (χ3v) is 10.1. The van der Waals surface area contributed by atoms with Crippen molar-refractivity contribution in [3.8, 4) is 6.07 Å². The SMILES string of the molecule is CCc1nc(C(C)(C)O)sc1S(=O)(=O)CC(=O)Cc1c2c(c(C#N)c3c1CCC3)CCC2. The van der Waals surface area contributed by atoms with E-state index in [-0.39, 0.29) is 16.4 Å². The zero-order chi connectivity index (χ0) is 23.3. The van der Waals surface area contributed by atoms with Crippen LogP contribution in [-0.2, 0) is 58.8 Å². The van der Waals surface area contributed by atoms with Crippen LogP contribution in [0.4, 0.5) is 0 Å². The van der Waals surface area contributed by atoms with E-state index in [1.807, 2.05) is 6.92 Å². The molecule has 0 atom stereocenters. The number of aromatic nitrogens is 1. The van der Waals surface area contributed by atoms with Crippen LogP contribution in [0.25, 0.3) is 0 Å². The first-order valence-corrected chi connectivity index (χ1v) is 13.6. The fraction of sp³-hybridized carbons (Fsp3) is 0.542. The molecule has 0 fully saturated rings. The Morgan fingerprint density at radius 1 is 1.12 bits per heavy atom. The zero-order valence-corrected chi connectivity index (χ0v) is 20.4. The molecule has 1 N–H and O–H groups in total. The first-order valence-electron chi connectivity index (χ1n) is 11.1. The number of thiazole rings is 1. The van der Waals surface area contributed by atoms with Crippen molar-refractivity contribution in [3.63, 3.8) is 0 Å². The Morgan fingerprint density at radius 3 is 2.19 bits per heavy atom. The van der Waals surface area contributed by atoms with Gasteiger partial charge in [-0.3, -0.25) is 4.79 Å².